The molecule has 0 bridgehead atoms. The van der Waals surface area contributed by atoms with Crippen molar-refractivity contribution in [3.8, 4) is 0 Å². The lowest BCUT2D eigenvalue weighted by molar-refractivity contribution is -0.121. The Hall–Kier alpha value is -1.15. The number of rotatable bonds is 3. The molecule has 1 unspecified atom stereocenters. The largest absolute Gasteiger partial charge is 0.298 e. The Morgan fingerprint density at radius 3 is 2.11 bits per heavy atom. The topological polar surface area (TPSA) is 20.3 Å². The molecule has 1 rings (SSSR count). The molecule has 0 spiro atoms. The molecule has 0 aliphatic rings. The van der Waals surface area contributed by atoms with Crippen LogP contribution in [-0.4, -0.2) is 24.8 Å². The Kier molecular flexibility index (Phi) is 4.33. The van der Waals surface area contributed by atoms with Crippen molar-refractivity contribution >= 4 is 5.78 Å². The quantitative estimate of drug-likeness (QED) is 0.815. The average Bonchev–Trinajstić information content (AvgIpc) is 2.18. The van der Waals surface area contributed by atoms with E-state index < -0.39 is 0 Å². The van der Waals surface area contributed by atoms with Crippen molar-refractivity contribution < 1.29 is 4.79 Å². The van der Waals surface area contributed by atoms with Gasteiger partial charge in [0.05, 0.1) is 6.04 Å². The van der Waals surface area contributed by atoms with Gasteiger partial charge in [-0.25, -0.2) is 0 Å². The lowest BCUT2D eigenvalue weighted by atomic mass is 9.84. The number of benzene rings is 1. The van der Waals surface area contributed by atoms with Gasteiger partial charge in [-0.15, -0.1) is 0 Å². The van der Waals surface area contributed by atoms with Gasteiger partial charge in [-0.1, -0.05) is 39.0 Å². The van der Waals surface area contributed by atoms with Crippen LogP contribution in [0.2, 0.25) is 0 Å². The van der Waals surface area contributed by atoms with E-state index in [0.29, 0.717) is 0 Å². The molecule has 0 saturated heterocycles. The molecular weight excluding hydrogens is 222 g/mol. The van der Waals surface area contributed by atoms with Crippen molar-refractivity contribution in [3.63, 3.8) is 0 Å². The highest BCUT2D eigenvalue weighted by Gasteiger charge is 2.22. The molecule has 18 heavy (non-hydrogen) atoms. The zero-order valence-corrected chi connectivity index (χ0v) is 12.7. The molecule has 1 aromatic rings. The van der Waals surface area contributed by atoms with E-state index in [1.165, 1.54) is 11.1 Å². The number of ketones is 1. The van der Waals surface area contributed by atoms with E-state index in [-0.39, 0.29) is 17.2 Å². The molecular formula is C16H25NO. The number of hydrogen-bond donors (Lipinski definition) is 0. The van der Waals surface area contributed by atoms with Gasteiger partial charge in [-0.05, 0) is 50.0 Å². The molecule has 0 aliphatic carbocycles. The summed E-state index contributed by atoms with van der Waals surface area (Å²) >= 11 is 0. The molecule has 0 aliphatic heterocycles. The van der Waals surface area contributed by atoms with E-state index in [1.54, 1.807) is 6.92 Å². The summed E-state index contributed by atoms with van der Waals surface area (Å²) in [5.74, 6) is 0.187. The Morgan fingerprint density at radius 2 is 1.78 bits per heavy atom. The summed E-state index contributed by atoms with van der Waals surface area (Å²) in [6, 6.07) is 6.30. The normalized spacial score (nSPS) is 13.8. The highest BCUT2D eigenvalue weighted by molar-refractivity contribution is 5.83. The van der Waals surface area contributed by atoms with Crippen LogP contribution in [0.3, 0.4) is 0 Å². The number of hydrogen-bond acceptors (Lipinski definition) is 2. The van der Waals surface area contributed by atoms with E-state index in [2.05, 4.69) is 45.9 Å². The lowest BCUT2D eigenvalue weighted by Crippen LogP contribution is -2.27. The van der Waals surface area contributed by atoms with Gasteiger partial charge in [0.15, 0.2) is 5.78 Å². The Morgan fingerprint density at radius 1 is 1.22 bits per heavy atom. The molecule has 0 fully saturated rings. The van der Waals surface area contributed by atoms with Gasteiger partial charge in [-0.3, -0.25) is 9.69 Å². The van der Waals surface area contributed by atoms with Crippen LogP contribution in [0.1, 0.15) is 50.4 Å². The van der Waals surface area contributed by atoms with Crippen LogP contribution in [0.4, 0.5) is 0 Å². The van der Waals surface area contributed by atoms with Gasteiger partial charge >= 0.3 is 0 Å². The van der Waals surface area contributed by atoms with Gasteiger partial charge in [-0.2, -0.15) is 0 Å². The van der Waals surface area contributed by atoms with E-state index in [1.807, 2.05) is 19.0 Å². The van der Waals surface area contributed by atoms with Gasteiger partial charge < -0.3 is 0 Å². The van der Waals surface area contributed by atoms with Gasteiger partial charge in [0, 0.05) is 0 Å². The number of carbonyl (C=O) groups excluding carboxylic acids is 1. The summed E-state index contributed by atoms with van der Waals surface area (Å²) in [6.07, 6.45) is 0. The van der Waals surface area contributed by atoms with E-state index >= 15 is 0 Å². The fourth-order valence-corrected chi connectivity index (χ4v) is 2.31. The zero-order chi connectivity index (χ0) is 14.1. The minimum atomic E-state index is -0.140. The zero-order valence-electron chi connectivity index (χ0n) is 12.7. The van der Waals surface area contributed by atoms with Crippen molar-refractivity contribution in [1.82, 2.24) is 4.90 Å². The summed E-state index contributed by atoms with van der Waals surface area (Å²) in [5.41, 5.74) is 3.76. The number of likely N-dealkylation sites (N-methyl/N-ethyl adjacent to an activating group) is 1. The van der Waals surface area contributed by atoms with Crippen molar-refractivity contribution in [2.75, 3.05) is 14.1 Å². The van der Waals surface area contributed by atoms with Crippen LogP contribution in [0.15, 0.2) is 18.2 Å². The highest BCUT2D eigenvalue weighted by atomic mass is 16.1. The molecule has 0 radical (unpaired) electrons. The number of aryl methyl sites for hydroxylation is 1. The minimum Gasteiger partial charge on any atom is -0.298 e. The van der Waals surface area contributed by atoms with Gasteiger partial charge in [0.1, 0.15) is 0 Å². The SMILES string of the molecule is CC(=O)C(c1ccc(C(C)(C)C)cc1C)N(C)C. The smallest absolute Gasteiger partial charge is 0.151 e. The molecule has 0 amide bonds. The Bertz CT molecular complexity index is 441. The number of nitrogens with zero attached hydrogens (tertiary/aromatic N) is 1. The number of Topliss-reactive ketones (excluding diaryl/α,β-unsaturated/α-hetero) is 1. The lowest BCUT2D eigenvalue weighted by Gasteiger charge is -2.26. The predicted molar refractivity (Wildman–Crippen MR) is 77.0 cm³/mol. The van der Waals surface area contributed by atoms with Gasteiger partial charge in [0.25, 0.3) is 0 Å². The molecule has 0 heterocycles. The van der Waals surface area contributed by atoms with Crippen molar-refractivity contribution in [3.05, 3.63) is 34.9 Å². The van der Waals surface area contributed by atoms with Crippen molar-refractivity contribution in [1.29, 1.82) is 0 Å². The maximum Gasteiger partial charge on any atom is 0.151 e. The van der Waals surface area contributed by atoms with Crippen LogP contribution in [0.25, 0.3) is 0 Å². The fourth-order valence-electron chi connectivity index (χ4n) is 2.31. The second-order valence-electron chi connectivity index (χ2n) is 6.30. The van der Waals surface area contributed by atoms with E-state index in [9.17, 15) is 4.79 Å². The monoisotopic (exact) mass is 247 g/mol. The third kappa shape index (κ3) is 3.20. The standard InChI is InChI=1S/C16H25NO/c1-11-10-13(16(3,4)5)8-9-14(11)15(12(2)18)17(6)7/h8-10,15H,1-7H3. The summed E-state index contributed by atoms with van der Waals surface area (Å²) in [5, 5.41) is 0. The van der Waals surface area contributed by atoms with Gasteiger partial charge in [0.2, 0.25) is 0 Å². The molecule has 1 aromatic carbocycles. The second-order valence-corrected chi connectivity index (χ2v) is 6.30. The molecule has 2 nitrogen and oxygen atoms in total. The summed E-state index contributed by atoms with van der Waals surface area (Å²) in [6.45, 7) is 10.4. The third-order valence-electron chi connectivity index (χ3n) is 3.33. The molecule has 2 heteroatoms. The van der Waals surface area contributed by atoms with E-state index in [4.69, 9.17) is 0 Å². The maximum absolute atomic E-state index is 11.8. The maximum atomic E-state index is 11.8. The summed E-state index contributed by atoms with van der Waals surface area (Å²) in [7, 11) is 3.90. The van der Waals surface area contributed by atoms with Crippen LogP contribution in [0.5, 0.6) is 0 Å². The van der Waals surface area contributed by atoms with Crippen molar-refractivity contribution in [2.45, 2.75) is 46.1 Å². The van der Waals surface area contributed by atoms with Crippen LogP contribution >= 0.6 is 0 Å². The van der Waals surface area contributed by atoms with E-state index in [0.717, 1.165) is 5.56 Å². The van der Waals surface area contributed by atoms with Crippen LogP contribution < -0.4 is 0 Å². The first kappa shape index (κ1) is 14.9. The second kappa shape index (κ2) is 5.23. The van der Waals surface area contributed by atoms with Crippen molar-refractivity contribution in [2.24, 2.45) is 0 Å². The summed E-state index contributed by atoms with van der Waals surface area (Å²) in [4.78, 5) is 13.8. The molecule has 1 atom stereocenters. The average molecular weight is 247 g/mol. The fraction of sp³-hybridized carbons (Fsp3) is 0.562. The summed E-state index contributed by atoms with van der Waals surface area (Å²) < 4.78 is 0. The van der Waals surface area contributed by atoms with Crippen LogP contribution in [0, 0.1) is 6.92 Å². The van der Waals surface area contributed by atoms with Crippen LogP contribution in [-0.2, 0) is 10.2 Å². The Balaban J connectivity index is 3.24. The first-order valence-corrected chi connectivity index (χ1v) is 6.42. The molecule has 0 saturated carbocycles. The molecule has 0 N–H and O–H groups in total. The first-order chi connectivity index (χ1) is 8.14. The third-order valence-corrected chi connectivity index (χ3v) is 3.33. The highest BCUT2D eigenvalue weighted by Crippen LogP contribution is 2.28. The number of carbonyl (C=O) groups is 1. The first-order valence-electron chi connectivity index (χ1n) is 6.42. The molecule has 0 aromatic heterocycles. The molecule has 100 valence electrons. The Labute approximate surface area is 111 Å². The predicted octanol–water partition coefficient (Wildman–Crippen LogP) is 3.48. The minimum absolute atomic E-state index is 0.140.